The molecule has 4 heteroatoms. The Balaban J connectivity index is 1.78. The molecule has 0 radical (unpaired) electrons. The minimum atomic E-state index is -0.220. The number of hydrogen-bond donors (Lipinski definition) is 2. The zero-order valence-corrected chi connectivity index (χ0v) is 14.0. The lowest BCUT2D eigenvalue weighted by Gasteiger charge is -2.14. The predicted molar refractivity (Wildman–Crippen MR) is 101 cm³/mol. The lowest BCUT2D eigenvalue weighted by molar-refractivity contribution is 0.102. The lowest BCUT2D eigenvalue weighted by atomic mass is 10.1. The number of rotatable bonds is 5. The average molecular weight is 332 g/mol. The van der Waals surface area contributed by atoms with Crippen LogP contribution in [0.1, 0.15) is 21.5 Å². The van der Waals surface area contributed by atoms with Crippen LogP contribution in [-0.2, 0) is 6.61 Å². The van der Waals surface area contributed by atoms with Crippen molar-refractivity contribution in [2.45, 2.75) is 13.5 Å². The first-order chi connectivity index (χ1) is 12.1. The van der Waals surface area contributed by atoms with Crippen LogP contribution in [0.15, 0.2) is 72.8 Å². The molecule has 0 spiro atoms. The Bertz CT molecular complexity index is 856. The van der Waals surface area contributed by atoms with E-state index in [2.05, 4.69) is 5.32 Å². The summed E-state index contributed by atoms with van der Waals surface area (Å²) < 4.78 is 5.79. The van der Waals surface area contributed by atoms with E-state index < -0.39 is 0 Å². The number of benzene rings is 3. The second-order valence-corrected chi connectivity index (χ2v) is 5.75. The molecule has 0 saturated heterocycles. The first kappa shape index (κ1) is 16.6. The molecule has 3 aromatic carbocycles. The van der Waals surface area contributed by atoms with E-state index in [1.165, 1.54) is 0 Å². The second kappa shape index (κ2) is 7.53. The van der Waals surface area contributed by atoms with Gasteiger partial charge in [-0.3, -0.25) is 4.79 Å². The molecule has 0 heterocycles. The molecule has 1 amide bonds. The second-order valence-electron chi connectivity index (χ2n) is 5.75. The van der Waals surface area contributed by atoms with Crippen molar-refractivity contribution in [1.29, 1.82) is 0 Å². The number of aryl methyl sites for hydroxylation is 1. The molecule has 0 aliphatic heterocycles. The van der Waals surface area contributed by atoms with Gasteiger partial charge in [-0.05, 0) is 36.8 Å². The molecule has 0 atom stereocenters. The van der Waals surface area contributed by atoms with Crippen molar-refractivity contribution in [3.8, 4) is 5.75 Å². The van der Waals surface area contributed by atoms with Crippen molar-refractivity contribution in [2.24, 2.45) is 0 Å². The Kier molecular flexibility index (Phi) is 5.00. The third-order valence-corrected chi connectivity index (χ3v) is 3.94. The Morgan fingerprint density at radius 1 is 0.960 bits per heavy atom. The molecule has 0 aliphatic carbocycles. The third kappa shape index (κ3) is 3.98. The number of carbonyl (C=O) groups excluding carboxylic acids is 1. The summed E-state index contributed by atoms with van der Waals surface area (Å²) >= 11 is 0. The number of anilines is 2. The van der Waals surface area contributed by atoms with Gasteiger partial charge in [-0.25, -0.2) is 0 Å². The van der Waals surface area contributed by atoms with Gasteiger partial charge in [-0.1, -0.05) is 48.5 Å². The molecule has 3 N–H and O–H groups in total. The van der Waals surface area contributed by atoms with Crippen molar-refractivity contribution in [1.82, 2.24) is 0 Å². The van der Waals surface area contributed by atoms with Crippen LogP contribution in [0.25, 0.3) is 0 Å². The van der Waals surface area contributed by atoms with Gasteiger partial charge in [0.2, 0.25) is 0 Å². The van der Waals surface area contributed by atoms with Gasteiger partial charge < -0.3 is 15.8 Å². The molecule has 126 valence electrons. The molecule has 0 saturated carbocycles. The van der Waals surface area contributed by atoms with Gasteiger partial charge in [0.25, 0.3) is 5.91 Å². The topological polar surface area (TPSA) is 64.4 Å². The Morgan fingerprint density at radius 2 is 1.68 bits per heavy atom. The highest BCUT2D eigenvalue weighted by atomic mass is 16.5. The minimum Gasteiger partial charge on any atom is -0.489 e. The number of nitrogens with one attached hydrogen (secondary N) is 1. The van der Waals surface area contributed by atoms with Crippen LogP contribution in [0.5, 0.6) is 5.75 Å². The van der Waals surface area contributed by atoms with E-state index in [4.69, 9.17) is 10.5 Å². The summed E-state index contributed by atoms with van der Waals surface area (Å²) in [5, 5.41) is 2.95. The SMILES string of the molecule is Cc1cccc(N)c1C(=O)Nc1ccccc1COc1ccccc1. The minimum absolute atomic E-state index is 0.220. The molecule has 25 heavy (non-hydrogen) atoms. The maximum absolute atomic E-state index is 12.7. The number of amides is 1. The van der Waals surface area contributed by atoms with E-state index in [-0.39, 0.29) is 5.91 Å². The first-order valence-electron chi connectivity index (χ1n) is 8.07. The largest absolute Gasteiger partial charge is 0.489 e. The Morgan fingerprint density at radius 3 is 2.44 bits per heavy atom. The highest BCUT2D eigenvalue weighted by Gasteiger charge is 2.14. The van der Waals surface area contributed by atoms with Gasteiger partial charge in [0.05, 0.1) is 5.56 Å². The maximum atomic E-state index is 12.7. The van der Waals surface area contributed by atoms with Crippen LogP contribution in [0.3, 0.4) is 0 Å². The first-order valence-corrected chi connectivity index (χ1v) is 8.07. The summed E-state index contributed by atoms with van der Waals surface area (Å²) in [6.45, 7) is 2.24. The van der Waals surface area contributed by atoms with E-state index in [0.717, 1.165) is 16.9 Å². The van der Waals surface area contributed by atoms with Crippen molar-refractivity contribution in [3.05, 3.63) is 89.5 Å². The van der Waals surface area contributed by atoms with Gasteiger partial charge in [-0.2, -0.15) is 0 Å². The van der Waals surface area contributed by atoms with Crippen LogP contribution in [0.4, 0.5) is 11.4 Å². The fraction of sp³-hybridized carbons (Fsp3) is 0.0952. The number of ether oxygens (including phenoxy) is 1. The maximum Gasteiger partial charge on any atom is 0.258 e. The third-order valence-electron chi connectivity index (χ3n) is 3.94. The molecule has 0 unspecified atom stereocenters. The summed E-state index contributed by atoms with van der Waals surface area (Å²) in [6.07, 6.45) is 0. The zero-order valence-electron chi connectivity index (χ0n) is 14.0. The number of para-hydroxylation sites is 2. The van der Waals surface area contributed by atoms with E-state index in [9.17, 15) is 4.79 Å². The summed E-state index contributed by atoms with van der Waals surface area (Å²) in [5.41, 5.74) is 9.38. The molecular weight excluding hydrogens is 312 g/mol. The van der Waals surface area contributed by atoms with Crippen LogP contribution in [-0.4, -0.2) is 5.91 Å². The van der Waals surface area contributed by atoms with Crippen LogP contribution < -0.4 is 15.8 Å². The van der Waals surface area contributed by atoms with Crippen LogP contribution in [0, 0.1) is 6.92 Å². The predicted octanol–water partition coefficient (Wildman–Crippen LogP) is 4.41. The molecule has 0 aromatic heterocycles. The van der Waals surface area contributed by atoms with Crippen molar-refractivity contribution in [3.63, 3.8) is 0 Å². The van der Waals surface area contributed by atoms with Gasteiger partial charge >= 0.3 is 0 Å². The normalized spacial score (nSPS) is 10.3. The van der Waals surface area contributed by atoms with Gasteiger partial charge in [-0.15, -0.1) is 0 Å². The fourth-order valence-corrected chi connectivity index (χ4v) is 2.63. The van der Waals surface area contributed by atoms with E-state index in [1.54, 1.807) is 6.07 Å². The molecule has 4 nitrogen and oxygen atoms in total. The molecule has 0 aliphatic rings. The van der Waals surface area contributed by atoms with Gasteiger partial charge in [0, 0.05) is 16.9 Å². The van der Waals surface area contributed by atoms with E-state index in [1.807, 2.05) is 73.7 Å². The molecule has 3 rings (SSSR count). The standard InChI is InChI=1S/C21H20N2O2/c1-15-8-7-12-18(22)20(15)21(24)23-19-13-6-5-9-16(19)14-25-17-10-3-2-4-11-17/h2-13H,14,22H2,1H3,(H,23,24). The average Bonchev–Trinajstić information content (AvgIpc) is 2.62. The molecule has 3 aromatic rings. The molecule has 0 fully saturated rings. The lowest BCUT2D eigenvalue weighted by Crippen LogP contribution is -2.17. The Hall–Kier alpha value is -3.27. The highest BCUT2D eigenvalue weighted by molar-refractivity contribution is 6.09. The van der Waals surface area contributed by atoms with Crippen molar-refractivity contribution < 1.29 is 9.53 Å². The van der Waals surface area contributed by atoms with Crippen LogP contribution >= 0.6 is 0 Å². The summed E-state index contributed by atoms with van der Waals surface area (Å²) in [7, 11) is 0. The number of carbonyl (C=O) groups is 1. The quantitative estimate of drug-likeness (QED) is 0.680. The van der Waals surface area contributed by atoms with Gasteiger partial charge in [0.15, 0.2) is 0 Å². The smallest absolute Gasteiger partial charge is 0.258 e. The summed E-state index contributed by atoms with van der Waals surface area (Å²) in [4.78, 5) is 12.7. The van der Waals surface area contributed by atoms with Gasteiger partial charge in [0.1, 0.15) is 12.4 Å². The summed E-state index contributed by atoms with van der Waals surface area (Å²) in [5.74, 6) is 0.564. The number of nitrogen functional groups attached to an aromatic ring is 1. The van der Waals surface area contributed by atoms with E-state index >= 15 is 0 Å². The van der Waals surface area contributed by atoms with E-state index in [0.29, 0.717) is 23.5 Å². The zero-order chi connectivity index (χ0) is 17.6. The monoisotopic (exact) mass is 332 g/mol. The van der Waals surface area contributed by atoms with Crippen molar-refractivity contribution in [2.75, 3.05) is 11.1 Å². The molecular formula is C21H20N2O2. The number of hydrogen-bond acceptors (Lipinski definition) is 3. The molecule has 0 bridgehead atoms. The highest BCUT2D eigenvalue weighted by Crippen LogP contribution is 2.22. The van der Waals surface area contributed by atoms with Crippen LogP contribution in [0.2, 0.25) is 0 Å². The van der Waals surface area contributed by atoms with Crippen molar-refractivity contribution >= 4 is 17.3 Å². The fourth-order valence-electron chi connectivity index (χ4n) is 2.63. The summed E-state index contributed by atoms with van der Waals surface area (Å²) in [6, 6.07) is 22.6. The Labute approximate surface area is 147 Å². The number of nitrogens with two attached hydrogens (primary N) is 1.